The average Bonchev–Trinajstić information content (AvgIpc) is 2.97. The molecule has 1 atom stereocenters. The Balaban J connectivity index is 1.78. The van der Waals surface area contributed by atoms with E-state index in [1.54, 1.807) is 0 Å². The van der Waals surface area contributed by atoms with E-state index in [9.17, 15) is 9.59 Å². The number of ether oxygens (including phenoxy) is 1. The molecule has 1 amide bonds. The Labute approximate surface area is 125 Å². The summed E-state index contributed by atoms with van der Waals surface area (Å²) in [7, 11) is 0. The molecule has 0 aliphatic carbocycles. The van der Waals surface area contributed by atoms with Gasteiger partial charge in [-0.1, -0.05) is 6.92 Å². The summed E-state index contributed by atoms with van der Waals surface area (Å²) in [6.45, 7) is 4.67. The Kier molecular flexibility index (Phi) is 5.58. The zero-order valence-electron chi connectivity index (χ0n) is 12.8. The van der Waals surface area contributed by atoms with Gasteiger partial charge < -0.3 is 20.1 Å². The number of likely N-dealkylation sites (tertiary alicyclic amines) is 1. The number of carbonyl (C=O) groups is 2. The molecule has 2 aliphatic heterocycles. The predicted molar refractivity (Wildman–Crippen MR) is 78.1 cm³/mol. The lowest BCUT2D eigenvalue weighted by molar-refractivity contribution is -0.141. The molecule has 1 unspecified atom stereocenters. The van der Waals surface area contributed by atoms with Crippen LogP contribution < -0.4 is 5.32 Å². The van der Waals surface area contributed by atoms with Gasteiger partial charge in [-0.15, -0.1) is 0 Å². The quantitative estimate of drug-likeness (QED) is 0.765. The molecule has 2 aliphatic rings. The van der Waals surface area contributed by atoms with Crippen molar-refractivity contribution in [3.05, 3.63) is 0 Å². The molecular formula is C15H26N2O4. The summed E-state index contributed by atoms with van der Waals surface area (Å²) in [5.74, 6) is -0.605. The molecule has 0 radical (unpaired) electrons. The van der Waals surface area contributed by atoms with Crippen LogP contribution in [0.15, 0.2) is 0 Å². The minimum Gasteiger partial charge on any atom is -0.481 e. The maximum absolute atomic E-state index is 12.7. The number of hydrogen-bond acceptors (Lipinski definition) is 4. The molecule has 6 heteroatoms. The van der Waals surface area contributed by atoms with Gasteiger partial charge in [0.2, 0.25) is 5.91 Å². The first kappa shape index (κ1) is 16.2. The van der Waals surface area contributed by atoms with Crippen LogP contribution in [0.5, 0.6) is 0 Å². The Bertz CT molecular complexity index is 372. The lowest BCUT2D eigenvalue weighted by Crippen LogP contribution is -2.56. The van der Waals surface area contributed by atoms with Crippen LogP contribution in [0.3, 0.4) is 0 Å². The number of nitrogens with zero attached hydrogens (tertiary/aromatic N) is 1. The number of amides is 1. The maximum Gasteiger partial charge on any atom is 0.305 e. The molecular weight excluding hydrogens is 272 g/mol. The summed E-state index contributed by atoms with van der Waals surface area (Å²) in [6, 6.07) is 0. The van der Waals surface area contributed by atoms with Crippen molar-refractivity contribution in [1.82, 2.24) is 10.2 Å². The van der Waals surface area contributed by atoms with Gasteiger partial charge >= 0.3 is 5.97 Å². The standard InChI is InChI=1S/C15H26N2O4/c1-2-15(7-3-8-16-15)14(20)17-9-4-12(5-10-17)21-11-6-13(18)19/h12,16H,2-11H2,1H3,(H,18,19). The minimum absolute atomic E-state index is 0.0437. The highest BCUT2D eigenvalue weighted by atomic mass is 16.5. The largest absolute Gasteiger partial charge is 0.481 e. The number of nitrogens with one attached hydrogen (secondary N) is 1. The van der Waals surface area contributed by atoms with E-state index in [1.807, 2.05) is 4.90 Å². The van der Waals surface area contributed by atoms with Crippen LogP contribution in [0.1, 0.15) is 45.4 Å². The molecule has 0 spiro atoms. The molecule has 0 saturated carbocycles. The van der Waals surface area contributed by atoms with Gasteiger partial charge in [-0.25, -0.2) is 0 Å². The highest BCUT2D eigenvalue weighted by Gasteiger charge is 2.42. The first-order valence-corrected chi connectivity index (χ1v) is 7.95. The molecule has 2 saturated heterocycles. The van der Waals surface area contributed by atoms with Crippen LogP contribution in [0.4, 0.5) is 0 Å². The number of carbonyl (C=O) groups excluding carboxylic acids is 1. The van der Waals surface area contributed by atoms with E-state index >= 15 is 0 Å². The number of aliphatic carboxylic acids is 1. The summed E-state index contributed by atoms with van der Waals surface area (Å²) in [6.07, 6.45) is 4.55. The van der Waals surface area contributed by atoms with Crippen molar-refractivity contribution in [2.24, 2.45) is 0 Å². The first-order valence-electron chi connectivity index (χ1n) is 7.95. The topological polar surface area (TPSA) is 78.9 Å². The van der Waals surface area contributed by atoms with E-state index < -0.39 is 5.97 Å². The lowest BCUT2D eigenvalue weighted by atomic mass is 9.91. The summed E-state index contributed by atoms with van der Waals surface area (Å²) in [5, 5.41) is 12.0. The van der Waals surface area contributed by atoms with Crippen LogP contribution in [0.25, 0.3) is 0 Å². The molecule has 0 aromatic rings. The molecule has 0 bridgehead atoms. The predicted octanol–water partition coefficient (Wildman–Crippen LogP) is 1.00. The second-order valence-corrected chi connectivity index (χ2v) is 5.97. The van der Waals surface area contributed by atoms with Crippen molar-refractivity contribution in [2.45, 2.75) is 57.1 Å². The fraction of sp³-hybridized carbons (Fsp3) is 0.867. The Morgan fingerprint density at radius 1 is 1.38 bits per heavy atom. The smallest absolute Gasteiger partial charge is 0.305 e. The van der Waals surface area contributed by atoms with Crippen molar-refractivity contribution in [3.8, 4) is 0 Å². The maximum atomic E-state index is 12.7. The molecule has 2 fully saturated rings. The van der Waals surface area contributed by atoms with Gasteiger partial charge in [0.05, 0.1) is 24.7 Å². The van der Waals surface area contributed by atoms with Crippen LogP contribution in [-0.2, 0) is 14.3 Å². The summed E-state index contributed by atoms with van der Waals surface area (Å²) >= 11 is 0. The molecule has 21 heavy (non-hydrogen) atoms. The van der Waals surface area contributed by atoms with Crippen molar-refractivity contribution in [1.29, 1.82) is 0 Å². The third-order valence-corrected chi connectivity index (χ3v) is 4.66. The van der Waals surface area contributed by atoms with Gasteiger partial charge in [0.25, 0.3) is 0 Å². The highest BCUT2D eigenvalue weighted by molar-refractivity contribution is 5.86. The second-order valence-electron chi connectivity index (χ2n) is 5.97. The minimum atomic E-state index is -0.834. The molecule has 2 heterocycles. The second kappa shape index (κ2) is 7.22. The van der Waals surface area contributed by atoms with Crippen molar-refractivity contribution < 1.29 is 19.4 Å². The van der Waals surface area contributed by atoms with Gasteiger partial charge in [0, 0.05) is 13.1 Å². The molecule has 6 nitrogen and oxygen atoms in total. The van der Waals surface area contributed by atoms with Crippen molar-refractivity contribution >= 4 is 11.9 Å². The van der Waals surface area contributed by atoms with Gasteiger partial charge in [0.15, 0.2) is 0 Å². The van der Waals surface area contributed by atoms with Gasteiger partial charge in [-0.05, 0) is 38.6 Å². The SMILES string of the molecule is CCC1(C(=O)N2CCC(OCCC(=O)O)CC2)CCCN1. The summed E-state index contributed by atoms with van der Waals surface area (Å²) in [5.41, 5.74) is -0.350. The average molecular weight is 298 g/mol. The summed E-state index contributed by atoms with van der Waals surface area (Å²) in [4.78, 5) is 25.1. The lowest BCUT2D eigenvalue weighted by Gasteiger charge is -2.38. The van der Waals surface area contributed by atoms with E-state index in [1.165, 1.54) is 0 Å². The van der Waals surface area contributed by atoms with Gasteiger partial charge in [-0.2, -0.15) is 0 Å². The normalized spacial score (nSPS) is 27.0. The van der Waals surface area contributed by atoms with Gasteiger partial charge in [0.1, 0.15) is 0 Å². The van der Waals surface area contributed by atoms with Crippen LogP contribution >= 0.6 is 0 Å². The molecule has 0 aromatic carbocycles. The van der Waals surface area contributed by atoms with E-state index in [2.05, 4.69) is 12.2 Å². The van der Waals surface area contributed by atoms with E-state index in [0.29, 0.717) is 13.1 Å². The number of hydrogen-bond donors (Lipinski definition) is 2. The zero-order chi connectivity index (χ0) is 15.3. The Hall–Kier alpha value is -1.14. The van der Waals surface area contributed by atoms with Crippen LogP contribution in [-0.4, -0.2) is 59.8 Å². The number of rotatable bonds is 6. The van der Waals surface area contributed by atoms with E-state index in [0.717, 1.165) is 38.6 Å². The fourth-order valence-electron chi connectivity index (χ4n) is 3.28. The Morgan fingerprint density at radius 2 is 2.10 bits per heavy atom. The van der Waals surface area contributed by atoms with Gasteiger partial charge in [-0.3, -0.25) is 9.59 Å². The zero-order valence-corrected chi connectivity index (χ0v) is 12.8. The van der Waals surface area contributed by atoms with Crippen LogP contribution in [0, 0.1) is 0 Å². The third kappa shape index (κ3) is 3.95. The summed E-state index contributed by atoms with van der Waals surface area (Å²) < 4.78 is 5.56. The van der Waals surface area contributed by atoms with Crippen molar-refractivity contribution in [2.75, 3.05) is 26.2 Å². The Morgan fingerprint density at radius 3 is 2.62 bits per heavy atom. The fourth-order valence-corrected chi connectivity index (χ4v) is 3.28. The highest BCUT2D eigenvalue weighted by Crippen LogP contribution is 2.27. The number of piperidine rings is 1. The third-order valence-electron chi connectivity index (χ3n) is 4.66. The first-order chi connectivity index (χ1) is 10.1. The van der Waals surface area contributed by atoms with Crippen LogP contribution in [0.2, 0.25) is 0 Å². The molecule has 120 valence electrons. The number of carboxylic acid groups (broad SMARTS) is 1. The molecule has 2 N–H and O–H groups in total. The molecule has 2 rings (SSSR count). The molecule has 0 aromatic heterocycles. The van der Waals surface area contributed by atoms with Crippen molar-refractivity contribution in [3.63, 3.8) is 0 Å². The van der Waals surface area contributed by atoms with E-state index in [4.69, 9.17) is 9.84 Å². The van der Waals surface area contributed by atoms with E-state index in [-0.39, 0.29) is 30.6 Å². The monoisotopic (exact) mass is 298 g/mol. The number of carboxylic acids is 1.